The van der Waals surface area contributed by atoms with Gasteiger partial charge in [-0.05, 0) is 76.0 Å². The quantitative estimate of drug-likeness (QED) is 0.643. The number of aromatic nitrogens is 1. The van der Waals surface area contributed by atoms with Crippen molar-refractivity contribution in [1.82, 2.24) is 9.88 Å². The summed E-state index contributed by atoms with van der Waals surface area (Å²) in [5, 5.41) is 13.6. The van der Waals surface area contributed by atoms with E-state index in [0.717, 1.165) is 48.4 Å². The third-order valence-electron chi connectivity index (χ3n) is 5.44. The molecule has 1 saturated heterocycles. The lowest BCUT2D eigenvalue weighted by molar-refractivity contribution is -0.121. The van der Waals surface area contributed by atoms with Crippen molar-refractivity contribution in [3.8, 4) is 11.5 Å². The molecule has 0 atom stereocenters. The zero-order valence-corrected chi connectivity index (χ0v) is 17.9. The van der Waals surface area contributed by atoms with Crippen molar-refractivity contribution in [2.45, 2.75) is 39.7 Å². The van der Waals surface area contributed by atoms with E-state index in [1.807, 2.05) is 38.1 Å². The van der Waals surface area contributed by atoms with Gasteiger partial charge in [-0.3, -0.25) is 9.69 Å². The van der Waals surface area contributed by atoms with E-state index in [0.29, 0.717) is 31.1 Å². The fraction of sp³-hybridized carbons (Fsp3) is 0.417. The minimum Gasteiger partial charge on any atom is -0.507 e. The number of phenols is 1. The number of piperidine rings is 1. The summed E-state index contributed by atoms with van der Waals surface area (Å²) in [6, 6.07) is 7.57. The number of hydrogen-bond acceptors (Lipinski definition) is 5. The molecule has 1 amide bonds. The number of carbonyl (C=O) groups is 1. The molecule has 6 nitrogen and oxygen atoms in total. The van der Waals surface area contributed by atoms with Gasteiger partial charge in [-0.2, -0.15) is 0 Å². The van der Waals surface area contributed by atoms with E-state index in [-0.39, 0.29) is 11.8 Å². The van der Waals surface area contributed by atoms with Gasteiger partial charge in [-0.1, -0.05) is 6.08 Å². The second kappa shape index (κ2) is 10.3. The summed E-state index contributed by atoms with van der Waals surface area (Å²) in [6.45, 7) is 10.5. The van der Waals surface area contributed by atoms with E-state index in [9.17, 15) is 9.90 Å². The third kappa shape index (κ3) is 5.60. The van der Waals surface area contributed by atoms with Gasteiger partial charge in [0.15, 0.2) is 0 Å². The monoisotopic (exact) mass is 409 g/mol. The van der Waals surface area contributed by atoms with Crippen molar-refractivity contribution in [2.24, 2.45) is 5.92 Å². The Morgan fingerprint density at radius 3 is 2.73 bits per heavy atom. The summed E-state index contributed by atoms with van der Waals surface area (Å²) in [6.07, 6.45) is 5.64. The third-order valence-corrected chi connectivity index (χ3v) is 5.44. The molecule has 0 unspecified atom stereocenters. The van der Waals surface area contributed by atoms with Crippen LogP contribution in [0.25, 0.3) is 0 Å². The Kier molecular flexibility index (Phi) is 7.46. The Bertz CT molecular complexity index is 889. The topological polar surface area (TPSA) is 74.7 Å². The van der Waals surface area contributed by atoms with Crippen LogP contribution in [-0.4, -0.2) is 40.6 Å². The molecule has 2 aromatic rings. The molecular weight excluding hydrogens is 378 g/mol. The second-order valence-electron chi connectivity index (χ2n) is 7.77. The molecule has 2 heterocycles. The standard InChI is InChI=1S/C24H31N3O3/c1-4-6-19-14-21(30-5-2)15-20(23(19)28)16-27-11-8-18(9-12-27)24(29)26-22-13-17(3)7-10-25-22/h4,7,10,13-15,18,28H,1,5-6,8-9,11-12,16H2,2-3H3,(H,25,26,29). The van der Waals surface area contributed by atoms with E-state index in [4.69, 9.17) is 4.74 Å². The van der Waals surface area contributed by atoms with Gasteiger partial charge in [0.05, 0.1) is 6.61 Å². The van der Waals surface area contributed by atoms with E-state index in [2.05, 4.69) is 21.8 Å². The van der Waals surface area contributed by atoms with Gasteiger partial charge >= 0.3 is 0 Å². The average molecular weight is 410 g/mol. The number of anilines is 1. The lowest BCUT2D eigenvalue weighted by atomic mass is 9.95. The van der Waals surface area contributed by atoms with Crippen LogP contribution >= 0.6 is 0 Å². The van der Waals surface area contributed by atoms with Gasteiger partial charge < -0.3 is 15.2 Å². The minimum atomic E-state index is -0.0248. The van der Waals surface area contributed by atoms with Gasteiger partial charge in [-0.25, -0.2) is 4.98 Å². The fourth-order valence-corrected chi connectivity index (χ4v) is 3.84. The second-order valence-corrected chi connectivity index (χ2v) is 7.77. The highest BCUT2D eigenvalue weighted by Crippen LogP contribution is 2.31. The van der Waals surface area contributed by atoms with Crippen molar-refractivity contribution < 1.29 is 14.6 Å². The minimum absolute atomic E-state index is 0.0248. The summed E-state index contributed by atoms with van der Waals surface area (Å²) in [5.74, 6) is 1.69. The van der Waals surface area contributed by atoms with E-state index in [1.54, 1.807) is 12.3 Å². The molecule has 160 valence electrons. The van der Waals surface area contributed by atoms with Crippen molar-refractivity contribution in [3.63, 3.8) is 0 Å². The predicted octanol–water partition coefficient (Wildman–Crippen LogP) is 4.07. The first-order valence-electron chi connectivity index (χ1n) is 10.5. The molecule has 0 radical (unpaired) electrons. The van der Waals surface area contributed by atoms with Crippen molar-refractivity contribution >= 4 is 11.7 Å². The number of carbonyl (C=O) groups excluding carboxylic acids is 1. The molecule has 30 heavy (non-hydrogen) atoms. The van der Waals surface area contributed by atoms with Crippen molar-refractivity contribution in [1.29, 1.82) is 0 Å². The van der Waals surface area contributed by atoms with E-state index < -0.39 is 0 Å². The summed E-state index contributed by atoms with van der Waals surface area (Å²) < 4.78 is 5.67. The molecule has 1 fully saturated rings. The normalized spacial score (nSPS) is 15.0. The van der Waals surface area contributed by atoms with Crippen molar-refractivity contribution in [2.75, 3.05) is 25.0 Å². The number of benzene rings is 1. The molecule has 3 rings (SSSR count). The SMILES string of the molecule is C=CCc1cc(OCC)cc(CN2CCC(C(=O)Nc3cc(C)ccn3)CC2)c1O. The molecule has 1 aromatic carbocycles. The predicted molar refractivity (Wildman–Crippen MR) is 119 cm³/mol. The summed E-state index contributed by atoms with van der Waals surface area (Å²) in [4.78, 5) is 19.1. The van der Waals surface area contributed by atoms with Crippen LogP contribution in [0.1, 0.15) is 36.5 Å². The summed E-state index contributed by atoms with van der Waals surface area (Å²) in [5.41, 5.74) is 2.75. The number of amides is 1. The average Bonchev–Trinajstić information content (AvgIpc) is 2.72. The number of aryl methyl sites for hydroxylation is 1. The van der Waals surface area contributed by atoms with E-state index >= 15 is 0 Å². The Labute approximate surface area is 178 Å². The Morgan fingerprint density at radius 2 is 2.07 bits per heavy atom. The fourth-order valence-electron chi connectivity index (χ4n) is 3.84. The van der Waals surface area contributed by atoms with Gasteiger partial charge in [0, 0.05) is 29.8 Å². The first-order valence-corrected chi connectivity index (χ1v) is 10.5. The number of rotatable bonds is 8. The number of likely N-dealkylation sites (tertiary alicyclic amines) is 1. The molecule has 0 spiro atoms. The molecule has 2 N–H and O–H groups in total. The van der Waals surface area contributed by atoms with Crippen LogP contribution < -0.4 is 10.1 Å². The summed E-state index contributed by atoms with van der Waals surface area (Å²) in [7, 11) is 0. The molecular formula is C24H31N3O3. The first-order chi connectivity index (χ1) is 14.5. The number of nitrogens with one attached hydrogen (secondary N) is 1. The highest BCUT2D eigenvalue weighted by atomic mass is 16.5. The zero-order valence-electron chi connectivity index (χ0n) is 17.9. The number of allylic oxidation sites excluding steroid dienone is 1. The maximum Gasteiger partial charge on any atom is 0.228 e. The molecule has 1 aromatic heterocycles. The van der Waals surface area contributed by atoms with Crippen LogP contribution in [0, 0.1) is 12.8 Å². The number of ether oxygens (including phenoxy) is 1. The number of pyridine rings is 1. The van der Waals surface area contributed by atoms with Crippen LogP contribution in [0.2, 0.25) is 0 Å². The zero-order chi connectivity index (χ0) is 21.5. The van der Waals surface area contributed by atoms with Crippen LogP contribution in [-0.2, 0) is 17.8 Å². The van der Waals surface area contributed by atoms with Gasteiger partial charge in [0.2, 0.25) is 5.91 Å². The lowest BCUT2D eigenvalue weighted by Crippen LogP contribution is -2.37. The van der Waals surface area contributed by atoms with Crippen LogP contribution in [0.3, 0.4) is 0 Å². The van der Waals surface area contributed by atoms with Gasteiger partial charge in [0.25, 0.3) is 0 Å². The maximum atomic E-state index is 12.6. The van der Waals surface area contributed by atoms with Crippen LogP contribution in [0.4, 0.5) is 5.82 Å². The molecule has 0 aliphatic carbocycles. The van der Waals surface area contributed by atoms with Crippen LogP contribution in [0.15, 0.2) is 43.1 Å². The molecule has 1 aliphatic heterocycles. The maximum absolute atomic E-state index is 12.6. The summed E-state index contributed by atoms with van der Waals surface area (Å²) >= 11 is 0. The van der Waals surface area contributed by atoms with Crippen molar-refractivity contribution in [3.05, 3.63) is 59.8 Å². The largest absolute Gasteiger partial charge is 0.507 e. The smallest absolute Gasteiger partial charge is 0.228 e. The van der Waals surface area contributed by atoms with Gasteiger partial charge in [0.1, 0.15) is 17.3 Å². The molecule has 1 aliphatic rings. The Hall–Kier alpha value is -2.86. The molecule has 6 heteroatoms. The van der Waals surface area contributed by atoms with Gasteiger partial charge in [-0.15, -0.1) is 6.58 Å². The Morgan fingerprint density at radius 1 is 1.33 bits per heavy atom. The lowest BCUT2D eigenvalue weighted by Gasteiger charge is -2.31. The highest BCUT2D eigenvalue weighted by molar-refractivity contribution is 5.91. The Balaban J connectivity index is 1.60. The number of nitrogens with zero attached hydrogens (tertiary/aromatic N) is 2. The van der Waals surface area contributed by atoms with E-state index in [1.165, 1.54) is 0 Å². The number of hydrogen-bond donors (Lipinski definition) is 2. The molecule has 0 bridgehead atoms. The molecule has 0 saturated carbocycles. The van der Waals surface area contributed by atoms with Crippen LogP contribution in [0.5, 0.6) is 11.5 Å². The highest BCUT2D eigenvalue weighted by Gasteiger charge is 2.26. The number of aromatic hydroxyl groups is 1. The number of phenolic OH excluding ortho intramolecular Hbond substituents is 1. The first kappa shape index (κ1) is 21.8.